The van der Waals surface area contributed by atoms with E-state index in [1.54, 1.807) is 24.3 Å². The lowest BCUT2D eigenvalue weighted by Gasteiger charge is -2.03. The highest BCUT2D eigenvalue weighted by Crippen LogP contribution is 2.06. The highest BCUT2D eigenvalue weighted by atomic mass is 16.6. The van der Waals surface area contributed by atoms with E-state index >= 15 is 0 Å². The van der Waals surface area contributed by atoms with E-state index in [1.807, 2.05) is 6.92 Å². The van der Waals surface area contributed by atoms with Gasteiger partial charge in [0.15, 0.2) is 0 Å². The number of amides is 1. The van der Waals surface area contributed by atoms with Crippen LogP contribution in [0.1, 0.15) is 22.8 Å². The summed E-state index contributed by atoms with van der Waals surface area (Å²) in [7, 11) is 0. The molecule has 0 heterocycles. The van der Waals surface area contributed by atoms with Crippen LogP contribution in [-0.2, 0) is 6.42 Å². The Bertz CT molecular complexity index is 391. The summed E-state index contributed by atoms with van der Waals surface area (Å²) in [6, 6.07) is 6.90. The molecule has 0 aliphatic heterocycles. The molecule has 1 amide bonds. The van der Waals surface area contributed by atoms with Crippen molar-refractivity contribution in [2.45, 2.75) is 13.3 Å². The first-order valence-corrected chi connectivity index (χ1v) is 5.12. The number of carbonyl (C=O) groups excluding carboxylic acids is 1. The molecule has 86 valence electrons. The van der Waals surface area contributed by atoms with Crippen molar-refractivity contribution >= 4 is 5.91 Å². The predicted molar refractivity (Wildman–Crippen MR) is 60.0 cm³/mol. The van der Waals surface area contributed by atoms with Gasteiger partial charge in [0.1, 0.15) is 0 Å². The molecule has 0 atom stereocenters. The summed E-state index contributed by atoms with van der Waals surface area (Å²) in [6.45, 7) is 2.30. The Kier molecular flexibility index (Phi) is 4.44. The van der Waals surface area contributed by atoms with Gasteiger partial charge >= 0.3 is 0 Å². The summed E-state index contributed by atoms with van der Waals surface area (Å²) in [5, 5.41) is 12.9. The highest BCUT2D eigenvalue weighted by molar-refractivity contribution is 5.94. The first-order valence-electron chi connectivity index (χ1n) is 5.12. The van der Waals surface area contributed by atoms with Gasteiger partial charge in [-0.15, -0.1) is 0 Å². The molecule has 5 nitrogen and oxygen atoms in total. The number of nitrogens with zero attached hydrogens (tertiary/aromatic N) is 1. The molecule has 1 aromatic rings. The van der Waals surface area contributed by atoms with E-state index in [0.29, 0.717) is 18.5 Å². The summed E-state index contributed by atoms with van der Waals surface area (Å²) in [6.07, 6.45) is 0.347. The Morgan fingerprint density at radius 1 is 1.50 bits per heavy atom. The molecular weight excluding hydrogens is 208 g/mol. The lowest BCUT2D eigenvalue weighted by Crippen LogP contribution is -2.22. The molecule has 0 bridgehead atoms. The second-order valence-corrected chi connectivity index (χ2v) is 3.37. The number of nitrogens with one attached hydrogen (secondary N) is 1. The van der Waals surface area contributed by atoms with E-state index in [2.05, 4.69) is 5.32 Å². The fraction of sp³-hybridized carbons (Fsp3) is 0.364. The standard InChI is InChI=1S/C11H14N2O3/c1-2-12-11(14)10-5-3-4-9(8-10)6-7-13(15)16/h3-5,8H,2,6-7H2,1H3,(H,12,14). The molecule has 1 N–H and O–H groups in total. The van der Waals surface area contributed by atoms with Crippen molar-refractivity contribution in [3.63, 3.8) is 0 Å². The van der Waals surface area contributed by atoms with Crippen molar-refractivity contribution in [1.29, 1.82) is 0 Å². The third kappa shape index (κ3) is 3.68. The smallest absolute Gasteiger partial charge is 0.251 e. The van der Waals surface area contributed by atoms with Crippen LogP contribution in [0, 0.1) is 10.1 Å². The van der Waals surface area contributed by atoms with E-state index in [0.717, 1.165) is 5.56 Å². The van der Waals surface area contributed by atoms with E-state index in [4.69, 9.17) is 0 Å². The Hall–Kier alpha value is -1.91. The van der Waals surface area contributed by atoms with Crippen LogP contribution in [0.15, 0.2) is 24.3 Å². The average molecular weight is 222 g/mol. The van der Waals surface area contributed by atoms with Crippen LogP contribution in [0.3, 0.4) is 0 Å². The minimum Gasteiger partial charge on any atom is -0.352 e. The molecule has 0 unspecified atom stereocenters. The average Bonchev–Trinajstić information content (AvgIpc) is 2.27. The van der Waals surface area contributed by atoms with Crippen molar-refractivity contribution in [3.05, 3.63) is 45.5 Å². The van der Waals surface area contributed by atoms with Crippen molar-refractivity contribution in [3.8, 4) is 0 Å². The molecule has 0 saturated heterocycles. The summed E-state index contributed by atoms with van der Waals surface area (Å²) in [5.74, 6) is -0.148. The minimum atomic E-state index is -0.362. The number of rotatable bonds is 5. The first kappa shape index (κ1) is 12.2. The van der Waals surface area contributed by atoms with Gasteiger partial charge in [0.25, 0.3) is 5.91 Å². The summed E-state index contributed by atoms with van der Waals surface area (Å²) >= 11 is 0. The van der Waals surface area contributed by atoms with E-state index < -0.39 is 0 Å². The molecule has 0 fully saturated rings. The SMILES string of the molecule is CCNC(=O)c1cccc(CC[N+](=O)[O-])c1. The molecular formula is C11H14N2O3. The largest absolute Gasteiger partial charge is 0.352 e. The number of benzene rings is 1. The van der Waals surface area contributed by atoms with Gasteiger partial charge in [-0.1, -0.05) is 12.1 Å². The normalized spacial score (nSPS) is 9.81. The fourth-order valence-corrected chi connectivity index (χ4v) is 1.35. The van der Waals surface area contributed by atoms with Crippen molar-refractivity contribution in [2.24, 2.45) is 0 Å². The maximum absolute atomic E-state index is 11.5. The van der Waals surface area contributed by atoms with Gasteiger partial charge in [0.2, 0.25) is 6.54 Å². The van der Waals surface area contributed by atoms with Crippen LogP contribution in [0.25, 0.3) is 0 Å². The van der Waals surface area contributed by atoms with Gasteiger partial charge in [-0.3, -0.25) is 14.9 Å². The van der Waals surface area contributed by atoms with Gasteiger partial charge < -0.3 is 5.32 Å². The van der Waals surface area contributed by atoms with Crippen LogP contribution >= 0.6 is 0 Å². The van der Waals surface area contributed by atoms with E-state index in [9.17, 15) is 14.9 Å². The van der Waals surface area contributed by atoms with Gasteiger partial charge in [0.05, 0.1) is 0 Å². The second-order valence-electron chi connectivity index (χ2n) is 3.37. The molecule has 0 saturated carbocycles. The first-order chi connectivity index (χ1) is 7.63. The van der Waals surface area contributed by atoms with Crippen molar-refractivity contribution < 1.29 is 9.72 Å². The summed E-state index contributed by atoms with van der Waals surface area (Å²) in [4.78, 5) is 21.3. The molecule has 5 heteroatoms. The molecule has 0 spiro atoms. The lowest BCUT2D eigenvalue weighted by atomic mass is 10.1. The lowest BCUT2D eigenvalue weighted by molar-refractivity contribution is -0.479. The monoisotopic (exact) mass is 222 g/mol. The number of carbonyl (C=O) groups is 1. The number of hydrogen-bond donors (Lipinski definition) is 1. The zero-order valence-corrected chi connectivity index (χ0v) is 9.10. The van der Waals surface area contributed by atoms with E-state index in [-0.39, 0.29) is 17.4 Å². The van der Waals surface area contributed by atoms with Crippen LogP contribution in [0.2, 0.25) is 0 Å². The Morgan fingerprint density at radius 3 is 2.88 bits per heavy atom. The zero-order valence-electron chi connectivity index (χ0n) is 9.10. The third-order valence-electron chi connectivity index (χ3n) is 2.11. The molecule has 0 aliphatic carbocycles. The molecule has 1 rings (SSSR count). The zero-order chi connectivity index (χ0) is 12.0. The molecule has 0 aromatic heterocycles. The van der Waals surface area contributed by atoms with Gasteiger partial charge in [-0.25, -0.2) is 0 Å². The predicted octanol–water partition coefficient (Wildman–Crippen LogP) is 1.26. The summed E-state index contributed by atoms with van der Waals surface area (Å²) in [5.41, 5.74) is 1.35. The van der Waals surface area contributed by atoms with E-state index in [1.165, 1.54) is 0 Å². The number of nitro groups is 1. The van der Waals surface area contributed by atoms with Crippen molar-refractivity contribution in [2.75, 3.05) is 13.1 Å². The quantitative estimate of drug-likeness (QED) is 0.602. The van der Waals surface area contributed by atoms with Gasteiger partial charge in [-0.2, -0.15) is 0 Å². The summed E-state index contributed by atoms with van der Waals surface area (Å²) < 4.78 is 0. The second kappa shape index (κ2) is 5.85. The number of hydrogen-bond acceptors (Lipinski definition) is 3. The topological polar surface area (TPSA) is 72.2 Å². The third-order valence-corrected chi connectivity index (χ3v) is 2.11. The Labute approximate surface area is 93.6 Å². The van der Waals surface area contributed by atoms with Crippen LogP contribution in [0.5, 0.6) is 0 Å². The molecule has 0 aliphatic rings. The van der Waals surface area contributed by atoms with Gasteiger partial charge in [0, 0.05) is 23.5 Å². The molecule has 16 heavy (non-hydrogen) atoms. The Morgan fingerprint density at radius 2 is 2.25 bits per heavy atom. The Balaban J connectivity index is 2.70. The maximum atomic E-state index is 11.5. The van der Waals surface area contributed by atoms with Crippen LogP contribution in [0.4, 0.5) is 0 Å². The van der Waals surface area contributed by atoms with Crippen LogP contribution in [-0.4, -0.2) is 23.9 Å². The van der Waals surface area contributed by atoms with Gasteiger partial charge in [-0.05, 0) is 24.6 Å². The maximum Gasteiger partial charge on any atom is 0.251 e. The minimum absolute atomic E-state index is 0.112. The van der Waals surface area contributed by atoms with Crippen molar-refractivity contribution in [1.82, 2.24) is 5.32 Å². The van der Waals surface area contributed by atoms with Crippen LogP contribution < -0.4 is 5.32 Å². The fourth-order valence-electron chi connectivity index (χ4n) is 1.35. The molecule has 0 radical (unpaired) electrons. The molecule has 1 aromatic carbocycles. The highest BCUT2D eigenvalue weighted by Gasteiger charge is 2.06.